The summed E-state index contributed by atoms with van der Waals surface area (Å²) < 4.78 is 33.2. The molecule has 0 aromatic heterocycles. The largest absolute Gasteiger partial charge is 0.378 e. The van der Waals surface area contributed by atoms with Gasteiger partial charge in [-0.05, 0) is 61.8 Å². The zero-order valence-electron chi connectivity index (χ0n) is 13.7. The van der Waals surface area contributed by atoms with Gasteiger partial charge < -0.3 is 4.74 Å². The summed E-state index contributed by atoms with van der Waals surface area (Å²) in [5.41, 5.74) is 2.48. The van der Waals surface area contributed by atoms with Crippen LogP contribution < -0.4 is 4.72 Å². The molecular formula is C18H27NO3S. The molecule has 1 fully saturated rings. The number of nitrogens with one attached hydrogen (secondary N) is 1. The standard InChI is InChI=1S/C18H27NO3S/c20-23(21,18-11-10-15-6-4-7-16(15)14-18)19-12-5-13-22-17-8-2-1-3-9-17/h10-11,14,17,19H,1-9,12-13H2. The lowest BCUT2D eigenvalue weighted by atomic mass is 9.98. The van der Waals surface area contributed by atoms with Crippen LogP contribution in [0.1, 0.15) is 56.1 Å². The molecule has 0 aliphatic heterocycles. The van der Waals surface area contributed by atoms with Gasteiger partial charge in [0.05, 0.1) is 11.0 Å². The molecule has 0 unspecified atom stereocenters. The molecule has 0 saturated heterocycles. The van der Waals surface area contributed by atoms with Crippen LogP contribution in [0.2, 0.25) is 0 Å². The number of hydrogen-bond acceptors (Lipinski definition) is 3. The van der Waals surface area contributed by atoms with Crippen LogP contribution in [0.5, 0.6) is 0 Å². The first-order valence-electron chi connectivity index (χ1n) is 8.88. The molecule has 23 heavy (non-hydrogen) atoms. The van der Waals surface area contributed by atoms with Crippen molar-refractivity contribution in [1.82, 2.24) is 4.72 Å². The Labute approximate surface area is 139 Å². The van der Waals surface area contributed by atoms with E-state index in [-0.39, 0.29) is 0 Å². The van der Waals surface area contributed by atoms with Crippen molar-refractivity contribution in [1.29, 1.82) is 0 Å². The average Bonchev–Trinajstić information content (AvgIpc) is 3.03. The second-order valence-electron chi connectivity index (χ2n) is 6.67. The third-order valence-corrected chi connectivity index (χ3v) is 6.36. The van der Waals surface area contributed by atoms with Crippen molar-refractivity contribution < 1.29 is 13.2 Å². The Hall–Kier alpha value is -0.910. The molecule has 0 spiro atoms. The van der Waals surface area contributed by atoms with E-state index in [0.717, 1.165) is 38.5 Å². The number of hydrogen-bond donors (Lipinski definition) is 1. The van der Waals surface area contributed by atoms with Gasteiger partial charge in [-0.3, -0.25) is 0 Å². The molecule has 2 aliphatic rings. The Kier molecular flexibility index (Phi) is 5.72. The third kappa shape index (κ3) is 4.55. The summed E-state index contributed by atoms with van der Waals surface area (Å²) in [5, 5.41) is 0. The Balaban J connectivity index is 1.43. The van der Waals surface area contributed by atoms with E-state index in [1.807, 2.05) is 12.1 Å². The van der Waals surface area contributed by atoms with E-state index >= 15 is 0 Å². The second kappa shape index (κ2) is 7.77. The van der Waals surface area contributed by atoms with Gasteiger partial charge in [-0.1, -0.05) is 25.3 Å². The summed E-state index contributed by atoms with van der Waals surface area (Å²) in [6, 6.07) is 5.53. The van der Waals surface area contributed by atoms with Gasteiger partial charge in [-0.25, -0.2) is 13.1 Å². The van der Waals surface area contributed by atoms with Crippen molar-refractivity contribution in [2.75, 3.05) is 13.2 Å². The first-order valence-corrected chi connectivity index (χ1v) is 10.4. The molecule has 0 heterocycles. The van der Waals surface area contributed by atoms with Crippen LogP contribution in [-0.4, -0.2) is 27.7 Å². The van der Waals surface area contributed by atoms with Crippen LogP contribution in [0.25, 0.3) is 0 Å². The minimum Gasteiger partial charge on any atom is -0.378 e. The SMILES string of the molecule is O=S(=O)(NCCCOC1CCCCC1)c1ccc2c(c1)CCC2. The Morgan fingerprint density at radius 1 is 1.04 bits per heavy atom. The lowest BCUT2D eigenvalue weighted by Gasteiger charge is -2.21. The predicted molar refractivity (Wildman–Crippen MR) is 91.1 cm³/mol. The number of benzene rings is 1. The summed E-state index contributed by atoms with van der Waals surface area (Å²) in [4.78, 5) is 0.395. The van der Waals surface area contributed by atoms with Gasteiger partial charge in [0.1, 0.15) is 0 Å². The minimum atomic E-state index is -3.39. The first-order chi connectivity index (χ1) is 11.1. The van der Waals surface area contributed by atoms with E-state index in [9.17, 15) is 8.42 Å². The maximum Gasteiger partial charge on any atom is 0.240 e. The van der Waals surface area contributed by atoms with Crippen LogP contribution in [-0.2, 0) is 27.6 Å². The van der Waals surface area contributed by atoms with Crippen LogP contribution in [0.15, 0.2) is 23.1 Å². The van der Waals surface area contributed by atoms with Gasteiger partial charge in [-0.15, -0.1) is 0 Å². The average molecular weight is 337 g/mol. The van der Waals surface area contributed by atoms with Crippen molar-refractivity contribution in [2.24, 2.45) is 0 Å². The fourth-order valence-corrected chi connectivity index (χ4v) is 4.68. The van der Waals surface area contributed by atoms with Crippen molar-refractivity contribution >= 4 is 10.0 Å². The Bertz CT molecular complexity index is 621. The highest BCUT2D eigenvalue weighted by atomic mass is 32.2. The van der Waals surface area contributed by atoms with Crippen molar-refractivity contribution in [3.05, 3.63) is 29.3 Å². The number of rotatable bonds is 7. The van der Waals surface area contributed by atoms with Crippen molar-refractivity contribution in [3.8, 4) is 0 Å². The van der Waals surface area contributed by atoms with Gasteiger partial charge in [-0.2, -0.15) is 0 Å². The van der Waals surface area contributed by atoms with Crippen LogP contribution in [0.4, 0.5) is 0 Å². The number of fused-ring (bicyclic) bond motifs is 1. The fourth-order valence-electron chi connectivity index (χ4n) is 3.56. The molecule has 1 saturated carbocycles. The fraction of sp³-hybridized carbons (Fsp3) is 0.667. The van der Waals surface area contributed by atoms with Crippen LogP contribution in [0, 0.1) is 0 Å². The normalized spacial score (nSPS) is 19.0. The van der Waals surface area contributed by atoms with E-state index in [0.29, 0.717) is 24.2 Å². The van der Waals surface area contributed by atoms with Gasteiger partial charge in [0.25, 0.3) is 0 Å². The van der Waals surface area contributed by atoms with E-state index < -0.39 is 10.0 Å². The molecule has 0 radical (unpaired) electrons. The molecule has 0 atom stereocenters. The lowest BCUT2D eigenvalue weighted by Crippen LogP contribution is -2.26. The van der Waals surface area contributed by atoms with Crippen LogP contribution in [0.3, 0.4) is 0 Å². The zero-order valence-corrected chi connectivity index (χ0v) is 14.5. The monoisotopic (exact) mass is 337 g/mol. The zero-order chi connectivity index (χ0) is 16.1. The molecule has 3 rings (SSSR count). The van der Waals surface area contributed by atoms with E-state index in [1.165, 1.54) is 30.4 Å². The van der Waals surface area contributed by atoms with Gasteiger partial charge in [0, 0.05) is 13.2 Å². The predicted octanol–water partition coefficient (Wildman–Crippen LogP) is 3.19. The van der Waals surface area contributed by atoms with Crippen molar-refractivity contribution in [2.45, 2.75) is 68.8 Å². The van der Waals surface area contributed by atoms with E-state index in [2.05, 4.69) is 4.72 Å². The van der Waals surface area contributed by atoms with Crippen molar-refractivity contribution in [3.63, 3.8) is 0 Å². The Morgan fingerprint density at radius 3 is 2.65 bits per heavy atom. The summed E-state index contributed by atoms with van der Waals surface area (Å²) in [6.45, 7) is 1.07. The molecule has 1 N–H and O–H groups in total. The number of sulfonamides is 1. The van der Waals surface area contributed by atoms with E-state index in [1.54, 1.807) is 6.07 Å². The van der Waals surface area contributed by atoms with Gasteiger partial charge in [0.15, 0.2) is 0 Å². The molecule has 0 bridgehead atoms. The smallest absolute Gasteiger partial charge is 0.240 e. The maximum absolute atomic E-state index is 12.3. The summed E-state index contributed by atoms with van der Waals surface area (Å²) in [5.74, 6) is 0. The number of aryl methyl sites for hydroxylation is 2. The third-order valence-electron chi connectivity index (χ3n) is 4.90. The molecule has 1 aromatic rings. The highest BCUT2D eigenvalue weighted by Gasteiger charge is 2.18. The highest BCUT2D eigenvalue weighted by Crippen LogP contribution is 2.24. The molecule has 0 amide bonds. The lowest BCUT2D eigenvalue weighted by molar-refractivity contribution is 0.0278. The van der Waals surface area contributed by atoms with Gasteiger partial charge >= 0.3 is 0 Å². The summed E-state index contributed by atoms with van der Waals surface area (Å²) in [6.07, 6.45) is 10.5. The highest BCUT2D eigenvalue weighted by molar-refractivity contribution is 7.89. The summed E-state index contributed by atoms with van der Waals surface area (Å²) >= 11 is 0. The molecule has 128 valence electrons. The molecule has 2 aliphatic carbocycles. The quantitative estimate of drug-likeness (QED) is 0.778. The molecule has 5 heteroatoms. The van der Waals surface area contributed by atoms with Gasteiger partial charge in [0.2, 0.25) is 10.0 Å². The summed E-state index contributed by atoms with van der Waals surface area (Å²) in [7, 11) is -3.39. The van der Waals surface area contributed by atoms with E-state index in [4.69, 9.17) is 4.74 Å². The maximum atomic E-state index is 12.3. The molecular weight excluding hydrogens is 310 g/mol. The molecule has 1 aromatic carbocycles. The van der Waals surface area contributed by atoms with Crippen LogP contribution >= 0.6 is 0 Å². The first kappa shape index (κ1) is 16.9. The Morgan fingerprint density at radius 2 is 1.83 bits per heavy atom. The molecule has 4 nitrogen and oxygen atoms in total. The topological polar surface area (TPSA) is 55.4 Å². The second-order valence-corrected chi connectivity index (χ2v) is 8.43. The minimum absolute atomic E-state index is 0.386. The number of ether oxygens (including phenoxy) is 1.